The molecule has 30 heavy (non-hydrogen) atoms. The summed E-state index contributed by atoms with van der Waals surface area (Å²) in [6.45, 7) is 3.87. The zero-order chi connectivity index (χ0) is 20.3. The molecule has 3 aromatic rings. The number of ether oxygens (including phenoxy) is 1. The Labute approximate surface area is 180 Å². The molecule has 0 saturated carbocycles. The Morgan fingerprint density at radius 2 is 1.87 bits per heavy atom. The van der Waals surface area contributed by atoms with Crippen LogP contribution in [0.5, 0.6) is 5.75 Å². The lowest BCUT2D eigenvalue weighted by Crippen LogP contribution is -2.57. The lowest BCUT2D eigenvalue weighted by Gasteiger charge is -2.44. The normalized spacial score (nSPS) is 22.6. The van der Waals surface area contributed by atoms with Crippen molar-refractivity contribution in [1.29, 1.82) is 0 Å². The standard InChI is InChI=1S/C24H25N3O2S/c28-23(26-21-15-27-12-10-18(21)11-13-27)22-14-25-24(30-22)19-6-8-20(9-7-19)29-16-17-4-2-1-3-5-17/h1-9,14,18,21H,10-13,15-16H2,(H,26,28)/t21-/m0/s1. The van der Waals surface area contributed by atoms with Crippen LogP contribution < -0.4 is 10.1 Å². The monoisotopic (exact) mass is 419 g/mol. The molecular formula is C24H25N3O2S. The van der Waals surface area contributed by atoms with Crippen LogP contribution in [-0.4, -0.2) is 41.5 Å². The molecule has 3 fully saturated rings. The highest BCUT2D eigenvalue weighted by Crippen LogP contribution is 2.30. The predicted molar refractivity (Wildman–Crippen MR) is 119 cm³/mol. The van der Waals surface area contributed by atoms with Crippen LogP contribution in [0.4, 0.5) is 0 Å². The highest BCUT2D eigenvalue weighted by atomic mass is 32.1. The molecule has 0 aliphatic carbocycles. The number of nitrogens with zero attached hydrogens (tertiary/aromatic N) is 2. The molecule has 0 spiro atoms. The second-order valence-corrected chi connectivity index (χ2v) is 9.08. The van der Waals surface area contributed by atoms with Crippen LogP contribution in [0.1, 0.15) is 28.1 Å². The van der Waals surface area contributed by atoms with Crippen LogP contribution in [-0.2, 0) is 6.61 Å². The fourth-order valence-electron chi connectivity index (χ4n) is 4.32. The van der Waals surface area contributed by atoms with E-state index in [1.807, 2.05) is 54.6 Å². The summed E-state index contributed by atoms with van der Waals surface area (Å²) in [4.78, 5) is 20.3. The number of hydrogen-bond acceptors (Lipinski definition) is 5. The zero-order valence-electron chi connectivity index (χ0n) is 16.8. The van der Waals surface area contributed by atoms with Gasteiger partial charge in [-0.05, 0) is 61.7 Å². The molecule has 1 amide bonds. The van der Waals surface area contributed by atoms with Crippen molar-refractivity contribution < 1.29 is 9.53 Å². The van der Waals surface area contributed by atoms with Crippen molar-refractivity contribution in [3.63, 3.8) is 0 Å². The zero-order valence-corrected chi connectivity index (χ0v) is 17.6. The molecule has 6 heteroatoms. The molecule has 154 valence electrons. The maximum Gasteiger partial charge on any atom is 0.263 e. The number of piperidine rings is 3. The minimum atomic E-state index is 0.000291. The van der Waals surface area contributed by atoms with Gasteiger partial charge >= 0.3 is 0 Å². The Morgan fingerprint density at radius 1 is 1.10 bits per heavy atom. The summed E-state index contributed by atoms with van der Waals surface area (Å²) in [5.41, 5.74) is 2.13. The second kappa shape index (κ2) is 8.58. The Balaban J connectivity index is 1.20. The first-order chi connectivity index (χ1) is 14.7. The topological polar surface area (TPSA) is 54.5 Å². The first-order valence-corrected chi connectivity index (χ1v) is 11.3. The molecular weight excluding hydrogens is 394 g/mol. The molecule has 5 nitrogen and oxygen atoms in total. The molecule has 1 aromatic heterocycles. The molecule has 3 aliphatic heterocycles. The van der Waals surface area contributed by atoms with E-state index in [0.29, 0.717) is 17.4 Å². The Hall–Kier alpha value is -2.70. The lowest BCUT2D eigenvalue weighted by molar-refractivity contribution is 0.0622. The molecule has 2 aromatic carbocycles. The van der Waals surface area contributed by atoms with Crippen molar-refractivity contribution in [2.75, 3.05) is 19.6 Å². The van der Waals surface area contributed by atoms with E-state index in [-0.39, 0.29) is 11.9 Å². The van der Waals surface area contributed by atoms with E-state index in [9.17, 15) is 4.79 Å². The van der Waals surface area contributed by atoms with Gasteiger partial charge in [-0.25, -0.2) is 4.98 Å². The molecule has 0 radical (unpaired) electrons. The number of thiazole rings is 1. The summed E-state index contributed by atoms with van der Waals surface area (Å²) in [6.07, 6.45) is 4.08. The Bertz CT molecular complexity index is 995. The van der Waals surface area contributed by atoms with E-state index in [4.69, 9.17) is 4.74 Å². The van der Waals surface area contributed by atoms with Gasteiger partial charge in [-0.2, -0.15) is 0 Å². The molecule has 3 aliphatic rings. The van der Waals surface area contributed by atoms with Crippen molar-refractivity contribution in [2.45, 2.75) is 25.5 Å². The number of benzene rings is 2. The van der Waals surface area contributed by atoms with Crippen LogP contribution >= 0.6 is 11.3 Å². The number of carbonyl (C=O) groups excluding carboxylic acids is 1. The summed E-state index contributed by atoms with van der Waals surface area (Å²) in [5.74, 6) is 1.44. The highest BCUT2D eigenvalue weighted by molar-refractivity contribution is 7.16. The fourth-order valence-corrected chi connectivity index (χ4v) is 5.14. The minimum Gasteiger partial charge on any atom is -0.489 e. The SMILES string of the molecule is O=C(N[C@H]1CN2CCC1CC2)c1cnc(-c2ccc(OCc3ccccc3)cc2)s1. The van der Waals surface area contributed by atoms with Gasteiger partial charge in [0.2, 0.25) is 0 Å². The number of nitrogens with one attached hydrogen (secondary N) is 1. The third-order valence-corrected chi connectivity index (χ3v) is 7.10. The van der Waals surface area contributed by atoms with E-state index >= 15 is 0 Å². The van der Waals surface area contributed by atoms with Crippen molar-refractivity contribution in [3.05, 3.63) is 71.2 Å². The summed E-state index contributed by atoms with van der Waals surface area (Å²) in [5, 5.41) is 4.09. The third-order valence-electron chi connectivity index (χ3n) is 6.05. The van der Waals surface area contributed by atoms with Crippen molar-refractivity contribution >= 4 is 17.2 Å². The molecule has 0 unspecified atom stereocenters. The van der Waals surface area contributed by atoms with Gasteiger partial charge in [-0.1, -0.05) is 30.3 Å². The number of fused-ring (bicyclic) bond motifs is 3. The van der Waals surface area contributed by atoms with E-state index < -0.39 is 0 Å². The fraction of sp³-hybridized carbons (Fsp3) is 0.333. The second-order valence-electron chi connectivity index (χ2n) is 8.05. The molecule has 6 rings (SSSR count). The van der Waals surface area contributed by atoms with Crippen LogP contribution in [0, 0.1) is 5.92 Å². The van der Waals surface area contributed by atoms with Crippen molar-refractivity contribution in [2.24, 2.45) is 5.92 Å². The first-order valence-electron chi connectivity index (χ1n) is 10.5. The molecule has 1 atom stereocenters. The average molecular weight is 420 g/mol. The maximum absolute atomic E-state index is 12.7. The highest BCUT2D eigenvalue weighted by Gasteiger charge is 2.35. The number of aromatic nitrogens is 1. The quantitative estimate of drug-likeness (QED) is 0.650. The van der Waals surface area contributed by atoms with Gasteiger partial charge in [0.15, 0.2) is 0 Å². The molecule has 4 heterocycles. The van der Waals surface area contributed by atoms with Crippen LogP contribution in [0.25, 0.3) is 10.6 Å². The van der Waals surface area contributed by atoms with Crippen molar-refractivity contribution in [1.82, 2.24) is 15.2 Å². The minimum absolute atomic E-state index is 0.000291. The van der Waals surface area contributed by atoms with E-state index in [1.165, 1.54) is 37.3 Å². The van der Waals surface area contributed by atoms with Gasteiger partial charge in [0.1, 0.15) is 22.2 Å². The molecule has 2 bridgehead atoms. The largest absolute Gasteiger partial charge is 0.489 e. The van der Waals surface area contributed by atoms with Crippen LogP contribution in [0.15, 0.2) is 60.8 Å². The summed E-state index contributed by atoms with van der Waals surface area (Å²) >= 11 is 1.44. The van der Waals surface area contributed by atoms with E-state index in [2.05, 4.69) is 15.2 Å². The predicted octanol–water partition coefficient (Wildman–Crippen LogP) is 4.21. The summed E-state index contributed by atoms with van der Waals surface area (Å²) in [6, 6.07) is 18.3. The summed E-state index contributed by atoms with van der Waals surface area (Å²) < 4.78 is 5.85. The Kier molecular flexibility index (Phi) is 5.51. The number of amides is 1. The van der Waals surface area contributed by atoms with Crippen LogP contribution in [0.2, 0.25) is 0 Å². The average Bonchev–Trinajstić information content (AvgIpc) is 3.30. The number of hydrogen-bond donors (Lipinski definition) is 1. The summed E-state index contributed by atoms with van der Waals surface area (Å²) in [7, 11) is 0. The van der Waals surface area contributed by atoms with E-state index in [0.717, 1.165) is 28.4 Å². The van der Waals surface area contributed by atoms with Gasteiger partial charge in [0, 0.05) is 18.2 Å². The number of rotatable bonds is 6. The van der Waals surface area contributed by atoms with E-state index in [1.54, 1.807) is 6.20 Å². The molecule has 1 N–H and O–H groups in total. The third kappa shape index (κ3) is 4.25. The first kappa shape index (κ1) is 19.3. The Morgan fingerprint density at radius 3 is 2.57 bits per heavy atom. The van der Waals surface area contributed by atoms with Gasteiger partial charge in [0.05, 0.1) is 6.20 Å². The lowest BCUT2D eigenvalue weighted by atomic mass is 9.84. The van der Waals surface area contributed by atoms with Gasteiger partial charge in [-0.15, -0.1) is 11.3 Å². The smallest absolute Gasteiger partial charge is 0.263 e. The maximum atomic E-state index is 12.7. The van der Waals surface area contributed by atoms with Gasteiger partial charge < -0.3 is 15.0 Å². The van der Waals surface area contributed by atoms with Crippen LogP contribution in [0.3, 0.4) is 0 Å². The number of carbonyl (C=O) groups is 1. The van der Waals surface area contributed by atoms with Crippen molar-refractivity contribution in [3.8, 4) is 16.3 Å². The van der Waals surface area contributed by atoms with Gasteiger partial charge in [-0.3, -0.25) is 4.79 Å². The molecule has 3 saturated heterocycles. The van der Waals surface area contributed by atoms with Gasteiger partial charge in [0.25, 0.3) is 5.91 Å².